The fraction of sp³-hybridized carbons (Fsp3) is 0.333. The molecule has 0 aliphatic carbocycles. The van der Waals surface area contributed by atoms with Crippen LogP contribution >= 0.6 is 24.8 Å². The van der Waals surface area contributed by atoms with Crippen LogP contribution in [0.2, 0.25) is 0 Å². The lowest BCUT2D eigenvalue weighted by Crippen LogP contribution is -2.39. The molecule has 1 amide bonds. The second-order valence-corrected chi connectivity index (χ2v) is 5.46. The minimum atomic E-state index is -0.490. The summed E-state index contributed by atoms with van der Waals surface area (Å²) in [6, 6.07) is 4.51. The van der Waals surface area contributed by atoms with Crippen molar-refractivity contribution >= 4 is 36.4 Å². The van der Waals surface area contributed by atoms with Crippen LogP contribution in [0, 0.1) is 10.1 Å². The Morgan fingerprint density at radius 2 is 2.16 bits per heavy atom. The number of benzene rings is 1. The summed E-state index contributed by atoms with van der Waals surface area (Å²) in [7, 11) is 0. The fourth-order valence-corrected chi connectivity index (χ4v) is 2.94. The van der Waals surface area contributed by atoms with Gasteiger partial charge in [-0.25, -0.2) is 4.98 Å². The van der Waals surface area contributed by atoms with Crippen molar-refractivity contribution in [3.05, 3.63) is 52.6 Å². The maximum absolute atomic E-state index is 12.6. The van der Waals surface area contributed by atoms with Crippen molar-refractivity contribution in [2.75, 3.05) is 13.1 Å². The molecule has 10 heteroatoms. The predicted molar refractivity (Wildman–Crippen MR) is 97.8 cm³/mol. The molecule has 1 aromatic heterocycles. The van der Waals surface area contributed by atoms with Crippen molar-refractivity contribution in [2.45, 2.75) is 18.9 Å². The number of hydrogen-bond acceptors (Lipinski definition) is 5. The summed E-state index contributed by atoms with van der Waals surface area (Å²) in [6.07, 6.45) is 6.42. The number of nitro groups is 1. The van der Waals surface area contributed by atoms with Crippen LogP contribution in [-0.4, -0.2) is 44.4 Å². The van der Waals surface area contributed by atoms with Crippen LogP contribution in [0.15, 0.2) is 36.9 Å². The zero-order chi connectivity index (χ0) is 16.4. The average molecular weight is 388 g/mol. The molecule has 3 rings (SSSR count). The standard InChI is InChI=1S/C15H17N5O3.2ClH/c16-9-12-2-1-6-19(12)15(21)11-3-4-13(14(8-11)20(22)23)18-7-5-17-10-18;;/h3-5,7-8,10,12H,1-2,6,9,16H2;2*1H. The molecule has 25 heavy (non-hydrogen) atoms. The van der Waals surface area contributed by atoms with Crippen molar-refractivity contribution in [1.29, 1.82) is 0 Å². The van der Waals surface area contributed by atoms with E-state index in [1.54, 1.807) is 34.0 Å². The maximum atomic E-state index is 12.6. The first-order chi connectivity index (χ1) is 11.1. The topological polar surface area (TPSA) is 107 Å². The maximum Gasteiger partial charge on any atom is 0.294 e. The Labute approximate surface area is 157 Å². The lowest BCUT2D eigenvalue weighted by Gasteiger charge is -2.23. The first-order valence-electron chi connectivity index (χ1n) is 7.39. The Balaban J connectivity index is 0.00000156. The highest BCUT2D eigenvalue weighted by Gasteiger charge is 2.29. The molecular formula is C15H19Cl2N5O3. The van der Waals surface area contributed by atoms with Crippen LogP contribution in [0.5, 0.6) is 0 Å². The van der Waals surface area contributed by atoms with Gasteiger partial charge in [-0.05, 0) is 25.0 Å². The molecule has 1 aliphatic rings. The van der Waals surface area contributed by atoms with E-state index in [9.17, 15) is 14.9 Å². The van der Waals surface area contributed by atoms with Crippen molar-refractivity contribution in [2.24, 2.45) is 5.73 Å². The molecule has 1 aliphatic heterocycles. The number of nitro benzene ring substituents is 1. The quantitative estimate of drug-likeness (QED) is 0.638. The number of hydrogen-bond donors (Lipinski definition) is 1. The predicted octanol–water partition coefficient (Wildman–Crippen LogP) is 2.19. The third-order valence-corrected chi connectivity index (χ3v) is 4.11. The lowest BCUT2D eigenvalue weighted by atomic mass is 10.1. The summed E-state index contributed by atoms with van der Waals surface area (Å²) in [5.74, 6) is -0.210. The zero-order valence-electron chi connectivity index (χ0n) is 13.3. The van der Waals surface area contributed by atoms with Crippen molar-refractivity contribution in [3.63, 3.8) is 0 Å². The van der Waals surface area contributed by atoms with Crippen LogP contribution in [0.25, 0.3) is 5.69 Å². The molecule has 2 aromatic rings. The van der Waals surface area contributed by atoms with Gasteiger partial charge >= 0.3 is 0 Å². The second kappa shape index (κ2) is 8.80. The third-order valence-electron chi connectivity index (χ3n) is 4.11. The summed E-state index contributed by atoms with van der Waals surface area (Å²) in [5, 5.41) is 11.4. The molecule has 0 saturated carbocycles. The van der Waals surface area contributed by atoms with E-state index in [1.165, 1.54) is 12.4 Å². The summed E-state index contributed by atoms with van der Waals surface area (Å²) in [4.78, 5) is 29.1. The first-order valence-corrected chi connectivity index (χ1v) is 7.39. The minimum Gasteiger partial charge on any atom is -0.334 e. The summed E-state index contributed by atoms with van der Waals surface area (Å²) in [6.45, 7) is 1.04. The van der Waals surface area contributed by atoms with E-state index in [1.807, 2.05) is 0 Å². The molecule has 0 radical (unpaired) electrons. The molecule has 136 valence electrons. The SMILES string of the molecule is Cl.Cl.NCC1CCCN1C(=O)c1ccc(-n2ccnc2)c([N+](=O)[O-])c1. The van der Waals surface area contributed by atoms with E-state index in [0.29, 0.717) is 24.3 Å². The van der Waals surface area contributed by atoms with Crippen molar-refractivity contribution in [1.82, 2.24) is 14.5 Å². The van der Waals surface area contributed by atoms with Gasteiger partial charge in [0, 0.05) is 43.2 Å². The van der Waals surface area contributed by atoms with Crippen LogP contribution in [0.3, 0.4) is 0 Å². The van der Waals surface area contributed by atoms with Gasteiger partial charge in [0.2, 0.25) is 0 Å². The highest BCUT2D eigenvalue weighted by atomic mass is 35.5. The summed E-state index contributed by atoms with van der Waals surface area (Å²) >= 11 is 0. The molecule has 1 saturated heterocycles. The van der Waals surface area contributed by atoms with Crippen LogP contribution in [0.1, 0.15) is 23.2 Å². The van der Waals surface area contributed by atoms with Gasteiger partial charge in [0.25, 0.3) is 11.6 Å². The molecule has 1 atom stereocenters. The van der Waals surface area contributed by atoms with Gasteiger partial charge in [0.05, 0.1) is 11.3 Å². The number of halogens is 2. The normalized spacial score (nSPS) is 16.0. The van der Waals surface area contributed by atoms with Gasteiger partial charge in [0.1, 0.15) is 5.69 Å². The number of imidazole rings is 1. The van der Waals surface area contributed by atoms with Gasteiger partial charge in [-0.2, -0.15) is 0 Å². The van der Waals surface area contributed by atoms with E-state index in [2.05, 4.69) is 4.98 Å². The Bertz CT molecular complexity index is 739. The molecule has 0 bridgehead atoms. The zero-order valence-corrected chi connectivity index (χ0v) is 14.9. The minimum absolute atomic E-state index is 0. The van der Waals surface area contributed by atoms with Gasteiger partial charge in [-0.1, -0.05) is 0 Å². The molecule has 8 nitrogen and oxygen atoms in total. The van der Waals surface area contributed by atoms with Gasteiger partial charge in [-0.15, -0.1) is 24.8 Å². The van der Waals surface area contributed by atoms with Crippen molar-refractivity contribution in [3.8, 4) is 5.69 Å². The van der Waals surface area contributed by atoms with Crippen molar-refractivity contribution < 1.29 is 9.72 Å². The average Bonchev–Trinajstić information content (AvgIpc) is 3.24. The molecule has 1 unspecified atom stereocenters. The van der Waals surface area contributed by atoms with Crippen LogP contribution < -0.4 is 5.73 Å². The van der Waals surface area contributed by atoms with Gasteiger partial charge < -0.3 is 15.2 Å². The molecule has 1 aromatic carbocycles. The van der Waals surface area contributed by atoms with E-state index in [4.69, 9.17) is 5.73 Å². The number of carbonyl (C=O) groups excluding carboxylic acids is 1. The van der Waals surface area contributed by atoms with E-state index in [0.717, 1.165) is 12.8 Å². The number of aromatic nitrogens is 2. The number of nitrogens with two attached hydrogens (primary N) is 1. The van der Waals surface area contributed by atoms with Crippen LogP contribution in [0.4, 0.5) is 5.69 Å². The molecular weight excluding hydrogens is 369 g/mol. The Hall–Kier alpha value is -2.16. The Kier molecular flexibility index (Phi) is 7.35. The molecule has 2 N–H and O–H groups in total. The third kappa shape index (κ3) is 4.09. The van der Waals surface area contributed by atoms with E-state index >= 15 is 0 Å². The number of nitrogens with zero attached hydrogens (tertiary/aromatic N) is 4. The lowest BCUT2D eigenvalue weighted by molar-refractivity contribution is -0.384. The first kappa shape index (κ1) is 20.9. The summed E-state index contributed by atoms with van der Waals surface area (Å²) < 4.78 is 1.55. The van der Waals surface area contributed by atoms with Gasteiger partial charge in [0.15, 0.2) is 0 Å². The monoisotopic (exact) mass is 387 g/mol. The summed E-state index contributed by atoms with van der Waals surface area (Å²) in [5.41, 5.74) is 6.25. The number of rotatable bonds is 4. The Morgan fingerprint density at radius 1 is 1.40 bits per heavy atom. The molecule has 0 spiro atoms. The molecule has 2 heterocycles. The largest absolute Gasteiger partial charge is 0.334 e. The highest BCUT2D eigenvalue weighted by Crippen LogP contribution is 2.26. The smallest absolute Gasteiger partial charge is 0.294 e. The number of carbonyl (C=O) groups is 1. The Morgan fingerprint density at radius 3 is 2.76 bits per heavy atom. The highest BCUT2D eigenvalue weighted by molar-refractivity contribution is 5.95. The van der Waals surface area contributed by atoms with Gasteiger partial charge in [-0.3, -0.25) is 14.9 Å². The fourth-order valence-electron chi connectivity index (χ4n) is 2.94. The van der Waals surface area contributed by atoms with Crippen LogP contribution in [-0.2, 0) is 0 Å². The van der Waals surface area contributed by atoms with E-state index < -0.39 is 4.92 Å². The van der Waals surface area contributed by atoms with E-state index in [-0.39, 0.29) is 42.5 Å². The number of amides is 1. The second-order valence-electron chi connectivity index (χ2n) is 5.46. The number of likely N-dealkylation sites (tertiary alicyclic amines) is 1. The molecule has 1 fully saturated rings.